The van der Waals surface area contributed by atoms with Gasteiger partial charge in [-0.05, 0) is 59.7 Å². The van der Waals surface area contributed by atoms with Crippen LogP contribution >= 0.6 is 31.9 Å². The molecule has 2 nitrogen and oxygen atoms in total. The molecule has 0 heterocycles. The van der Waals surface area contributed by atoms with Crippen molar-refractivity contribution < 1.29 is 9.59 Å². The third-order valence-corrected chi connectivity index (χ3v) is 5.96. The van der Waals surface area contributed by atoms with Crippen molar-refractivity contribution in [3.8, 4) is 11.1 Å². The van der Waals surface area contributed by atoms with Gasteiger partial charge in [0.2, 0.25) is 0 Å². The van der Waals surface area contributed by atoms with Crippen LogP contribution in [-0.4, -0.2) is 11.6 Å². The maximum absolute atomic E-state index is 12.5. The molecule has 0 aliphatic carbocycles. The largest absolute Gasteiger partial charge is 0.294 e. The Balaban J connectivity index is 2.25. The van der Waals surface area contributed by atoms with E-state index in [0.29, 0.717) is 11.1 Å². The fourth-order valence-corrected chi connectivity index (χ4v) is 4.48. The molecule has 4 heteroatoms. The number of benzene rings is 4. The SMILES string of the molecule is CC(=O)c1ccc2cc(Br)ccc2c1-c1c(C(C)=O)ccc2cc(Br)ccc12. The van der Waals surface area contributed by atoms with Crippen molar-refractivity contribution in [3.63, 3.8) is 0 Å². The number of rotatable bonds is 3. The summed E-state index contributed by atoms with van der Waals surface area (Å²) in [6.07, 6.45) is 0. The van der Waals surface area contributed by atoms with Crippen LogP contribution in [0.5, 0.6) is 0 Å². The molecule has 0 atom stereocenters. The predicted molar refractivity (Wildman–Crippen MR) is 122 cm³/mol. The maximum atomic E-state index is 12.5. The minimum absolute atomic E-state index is 0.0246. The van der Waals surface area contributed by atoms with Gasteiger partial charge in [-0.15, -0.1) is 0 Å². The highest BCUT2D eigenvalue weighted by molar-refractivity contribution is 9.10. The smallest absolute Gasteiger partial charge is 0.160 e. The van der Waals surface area contributed by atoms with E-state index >= 15 is 0 Å². The van der Waals surface area contributed by atoms with Crippen molar-refractivity contribution in [1.82, 2.24) is 0 Å². The van der Waals surface area contributed by atoms with E-state index in [1.807, 2.05) is 60.7 Å². The van der Waals surface area contributed by atoms with Crippen molar-refractivity contribution >= 4 is 65.0 Å². The zero-order valence-electron chi connectivity index (χ0n) is 15.3. The molecule has 0 aromatic heterocycles. The summed E-state index contributed by atoms with van der Waals surface area (Å²) < 4.78 is 1.94. The lowest BCUT2D eigenvalue weighted by Gasteiger charge is -2.17. The molecule has 0 saturated heterocycles. The standard InChI is InChI=1S/C24H16Br2O2/c1-13(27)19-7-3-15-11-17(25)5-9-21(15)23(19)24-20(14(2)28)8-4-16-12-18(26)6-10-22(16)24/h3-12H,1-2H3. The summed E-state index contributed by atoms with van der Waals surface area (Å²) in [7, 11) is 0. The van der Waals surface area contributed by atoms with Gasteiger partial charge in [-0.1, -0.05) is 68.3 Å². The van der Waals surface area contributed by atoms with Gasteiger partial charge in [-0.2, -0.15) is 0 Å². The number of fused-ring (bicyclic) bond motifs is 2. The number of hydrogen-bond acceptors (Lipinski definition) is 2. The van der Waals surface area contributed by atoms with Crippen LogP contribution in [0, 0.1) is 0 Å². The average Bonchev–Trinajstić information content (AvgIpc) is 2.65. The molecule has 0 saturated carbocycles. The third-order valence-electron chi connectivity index (χ3n) is 4.97. The molecule has 0 bridgehead atoms. The van der Waals surface area contributed by atoms with Crippen LogP contribution in [0.3, 0.4) is 0 Å². The van der Waals surface area contributed by atoms with E-state index in [0.717, 1.165) is 41.6 Å². The summed E-state index contributed by atoms with van der Waals surface area (Å²) in [5.41, 5.74) is 2.87. The van der Waals surface area contributed by atoms with Crippen molar-refractivity contribution in [1.29, 1.82) is 0 Å². The zero-order valence-corrected chi connectivity index (χ0v) is 18.5. The molecule has 0 amide bonds. The summed E-state index contributed by atoms with van der Waals surface area (Å²) in [6, 6.07) is 19.6. The first-order chi connectivity index (χ1) is 13.4. The molecule has 4 rings (SSSR count). The molecular weight excluding hydrogens is 480 g/mol. The first kappa shape index (κ1) is 19.0. The highest BCUT2D eigenvalue weighted by atomic mass is 79.9. The van der Waals surface area contributed by atoms with Gasteiger partial charge >= 0.3 is 0 Å². The number of ketones is 2. The molecular formula is C24H16Br2O2. The van der Waals surface area contributed by atoms with Gasteiger partial charge in [0.05, 0.1) is 0 Å². The Hall–Kier alpha value is -2.30. The molecule has 138 valence electrons. The molecule has 4 aromatic carbocycles. The monoisotopic (exact) mass is 494 g/mol. The second kappa shape index (κ2) is 7.26. The summed E-state index contributed by atoms with van der Waals surface area (Å²) in [6.45, 7) is 3.14. The van der Waals surface area contributed by atoms with Gasteiger partial charge in [-0.3, -0.25) is 9.59 Å². The topological polar surface area (TPSA) is 34.1 Å². The maximum Gasteiger partial charge on any atom is 0.160 e. The number of carbonyl (C=O) groups excluding carboxylic acids is 2. The molecule has 0 unspecified atom stereocenters. The van der Waals surface area contributed by atoms with Gasteiger partial charge in [0.15, 0.2) is 11.6 Å². The lowest BCUT2D eigenvalue weighted by Crippen LogP contribution is -2.03. The minimum atomic E-state index is -0.0246. The summed E-state index contributed by atoms with van der Waals surface area (Å²) in [5, 5.41) is 3.93. The van der Waals surface area contributed by atoms with Gasteiger partial charge in [0, 0.05) is 31.2 Å². The first-order valence-electron chi connectivity index (χ1n) is 8.83. The molecule has 0 aliphatic rings. The van der Waals surface area contributed by atoms with Crippen LogP contribution in [-0.2, 0) is 0 Å². The van der Waals surface area contributed by atoms with Crippen LogP contribution < -0.4 is 0 Å². The second-order valence-electron chi connectivity index (χ2n) is 6.82. The normalized spacial score (nSPS) is 11.1. The lowest BCUT2D eigenvalue weighted by atomic mass is 9.85. The summed E-state index contributed by atoms with van der Waals surface area (Å²) in [4.78, 5) is 25.0. The number of hydrogen-bond donors (Lipinski definition) is 0. The highest BCUT2D eigenvalue weighted by Gasteiger charge is 2.20. The fourth-order valence-electron chi connectivity index (χ4n) is 3.73. The Labute approximate surface area is 179 Å². The minimum Gasteiger partial charge on any atom is -0.294 e. The van der Waals surface area contributed by atoms with Crippen molar-refractivity contribution in [2.75, 3.05) is 0 Å². The van der Waals surface area contributed by atoms with Crippen LogP contribution in [0.2, 0.25) is 0 Å². The van der Waals surface area contributed by atoms with Crippen molar-refractivity contribution in [2.24, 2.45) is 0 Å². The van der Waals surface area contributed by atoms with E-state index in [1.54, 1.807) is 13.8 Å². The van der Waals surface area contributed by atoms with E-state index in [1.165, 1.54) is 0 Å². The Kier molecular flexibility index (Phi) is 4.94. The Morgan fingerprint density at radius 1 is 0.607 bits per heavy atom. The second-order valence-corrected chi connectivity index (χ2v) is 8.65. The van der Waals surface area contributed by atoms with E-state index < -0.39 is 0 Å². The molecule has 0 aliphatic heterocycles. The third kappa shape index (κ3) is 3.21. The van der Waals surface area contributed by atoms with Crippen LogP contribution in [0.15, 0.2) is 69.6 Å². The quantitative estimate of drug-likeness (QED) is 0.274. The van der Waals surface area contributed by atoms with E-state index in [9.17, 15) is 9.59 Å². The predicted octanol–water partition coefficient (Wildman–Crippen LogP) is 7.59. The summed E-state index contributed by atoms with van der Waals surface area (Å²) in [5.74, 6) is -0.0492. The molecule has 0 fully saturated rings. The number of carbonyl (C=O) groups is 2. The van der Waals surface area contributed by atoms with Crippen LogP contribution in [0.4, 0.5) is 0 Å². The lowest BCUT2D eigenvalue weighted by molar-refractivity contribution is 0.100. The molecule has 4 aromatic rings. The van der Waals surface area contributed by atoms with Gasteiger partial charge in [0.1, 0.15) is 0 Å². The Morgan fingerprint density at radius 2 is 1.00 bits per heavy atom. The fraction of sp³-hybridized carbons (Fsp3) is 0.0833. The van der Waals surface area contributed by atoms with Crippen molar-refractivity contribution in [3.05, 3.63) is 80.7 Å². The van der Waals surface area contributed by atoms with Gasteiger partial charge < -0.3 is 0 Å². The Morgan fingerprint density at radius 3 is 1.36 bits per heavy atom. The average molecular weight is 496 g/mol. The van der Waals surface area contributed by atoms with Crippen LogP contribution in [0.1, 0.15) is 34.6 Å². The number of Topliss-reactive ketones (excluding diaryl/α,β-unsaturated/α-hetero) is 2. The molecule has 0 radical (unpaired) electrons. The van der Waals surface area contributed by atoms with Gasteiger partial charge in [0.25, 0.3) is 0 Å². The van der Waals surface area contributed by atoms with E-state index in [2.05, 4.69) is 31.9 Å². The zero-order chi connectivity index (χ0) is 20.0. The number of halogens is 2. The molecule has 0 spiro atoms. The molecule has 28 heavy (non-hydrogen) atoms. The van der Waals surface area contributed by atoms with Crippen LogP contribution in [0.25, 0.3) is 32.7 Å². The highest BCUT2D eigenvalue weighted by Crippen LogP contribution is 2.40. The Bertz CT molecular complexity index is 1190. The van der Waals surface area contributed by atoms with Crippen molar-refractivity contribution in [2.45, 2.75) is 13.8 Å². The van der Waals surface area contributed by atoms with E-state index in [4.69, 9.17) is 0 Å². The van der Waals surface area contributed by atoms with E-state index in [-0.39, 0.29) is 11.6 Å². The van der Waals surface area contributed by atoms with Gasteiger partial charge in [-0.25, -0.2) is 0 Å². The summed E-state index contributed by atoms with van der Waals surface area (Å²) >= 11 is 7.04. The molecule has 0 N–H and O–H groups in total. The first-order valence-corrected chi connectivity index (χ1v) is 10.4.